The van der Waals surface area contributed by atoms with E-state index in [1.54, 1.807) is 12.1 Å². The molecule has 2 rings (SSSR count). The minimum atomic E-state index is -4.39. The fraction of sp³-hybridized carbons (Fsp3) is 0.200. The third kappa shape index (κ3) is 4.51. The Labute approximate surface area is 139 Å². The van der Waals surface area contributed by atoms with Crippen LogP contribution in [0.3, 0.4) is 0 Å². The smallest absolute Gasteiger partial charge is 0.416 e. The maximum atomic E-state index is 12.6. The Kier molecular flexibility index (Phi) is 5.37. The van der Waals surface area contributed by atoms with Gasteiger partial charge in [-0.25, -0.2) is 0 Å². The van der Waals surface area contributed by atoms with Gasteiger partial charge in [-0.2, -0.15) is 13.2 Å². The Morgan fingerprint density at radius 3 is 2.38 bits per heavy atom. The van der Waals surface area contributed by atoms with Gasteiger partial charge >= 0.3 is 6.18 Å². The number of aryl methyl sites for hydroxylation is 1. The van der Waals surface area contributed by atoms with Crippen molar-refractivity contribution in [2.75, 3.05) is 4.43 Å². The lowest BCUT2D eigenvalue weighted by Crippen LogP contribution is -2.04. The van der Waals surface area contributed by atoms with Gasteiger partial charge in [-0.05, 0) is 42.3 Å². The number of alkyl halides is 4. The standard InChI is InChI=1S/C15H11ClF3IO/c16-14-9-13(5-4-10(14)6-7-20)21-12-3-1-2-11(8-12)15(17,18)19/h1-5,8-9H,6-7H2. The molecule has 0 saturated carbocycles. The first-order valence-corrected chi connectivity index (χ1v) is 8.00. The molecule has 0 aliphatic heterocycles. The SMILES string of the molecule is FC(F)(F)c1cccc(Oc2ccc(CCI)c(Cl)c2)c1. The Bertz CT molecular complexity index is 629. The van der Waals surface area contributed by atoms with Crippen LogP contribution < -0.4 is 4.74 Å². The molecule has 0 aliphatic carbocycles. The van der Waals surface area contributed by atoms with Crippen LogP contribution >= 0.6 is 34.2 Å². The van der Waals surface area contributed by atoms with Crippen LogP contribution in [-0.2, 0) is 12.6 Å². The molecule has 0 N–H and O–H groups in total. The molecule has 6 heteroatoms. The van der Waals surface area contributed by atoms with Crippen LogP contribution in [0, 0.1) is 0 Å². The monoisotopic (exact) mass is 426 g/mol. The van der Waals surface area contributed by atoms with Crippen LogP contribution in [0.25, 0.3) is 0 Å². The molecule has 0 spiro atoms. The molecule has 2 aromatic rings. The van der Waals surface area contributed by atoms with E-state index in [2.05, 4.69) is 22.6 Å². The molecule has 0 bridgehead atoms. The molecular formula is C15H11ClF3IO. The molecule has 0 aliphatic rings. The van der Waals surface area contributed by atoms with Gasteiger partial charge in [0.1, 0.15) is 11.5 Å². The fourth-order valence-corrected chi connectivity index (χ4v) is 2.61. The van der Waals surface area contributed by atoms with Gasteiger partial charge in [0.25, 0.3) is 0 Å². The molecule has 0 saturated heterocycles. The van der Waals surface area contributed by atoms with E-state index < -0.39 is 11.7 Å². The summed E-state index contributed by atoms with van der Waals surface area (Å²) in [5.41, 5.74) is 0.245. The van der Waals surface area contributed by atoms with Crippen molar-refractivity contribution in [1.29, 1.82) is 0 Å². The van der Waals surface area contributed by atoms with Crippen molar-refractivity contribution in [3.8, 4) is 11.5 Å². The van der Waals surface area contributed by atoms with Gasteiger partial charge in [0.2, 0.25) is 0 Å². The van der Waals surface area contributed by atoms with E-state index in [1.165, 1.54) is 12.1 Å². The minimum Gasteiger partial charge on any atom is -0.457 e. The topological polar surface area (TPSA) is 9.23 Å². The van der Waals surface area contributed by atoms with Crippen LogP contribution in [0.4, 0.5) is 13.2 Å². The molecule has 0 aromatic heterocycles. The normalized spacial score (nSPS) is 11.5. The number of hydrogen-bond acceptors (Lipinski definition) is 1. The number of hydrogen-bond donors (Lipinski definition) is 0. The summed E-state index contributed by atoms with van der Waals surface area (Å²) >= 11 is 8.36. The maximum Gasteiger partial charge on any atom is 0.416 e. The third-order valence-electron chi connectivity index (χ3n) is 2.79. The molecule has 0 unspecified atom stereocenters. The van der Waals surface area contributed by atoms with Gasteiger partial charge in [-0.15, -0.1) is 0 Å². The Hall–Kier alpha value is -0.950. The lowest BCUT2D eigenvalue weighted by Gasteiger charge is -2.11. The summed E-state index contributed by atoms with van der Waals surface area (Å²) in [5, 5.41) is 0.552. The zero-order valence-electron chi connectivity index (χ0n) is 10.8. The molecular weight excluding hydrogens is 416 g/mol. The van der Waals surface area contributed by atoms with Crippen molar-refractivity contribution in [3.63, 3.8) is 0 Å². The maximum absolute atomic E-state index is 12.6. The minimum absolute atomic E-state index is 0.127. The summed E-state index contributed by atoms with van der Waals surface area (Å²) < 4.78 is 44.3. The second-order valence-corrected chi connectivity index (χ2v) is 5.81. The number of rotatable bonds is 4. The first kappa shape index (κ1) is 16.4. The first-order valence-electron chi connectivity index (χ1n) is 6.09. The van der Waals surface area contributed by atoms with E-state index in [1.807, 2.05) is 6.07 Å². The lowest BCUT2D eigenvalue weighted by molar-refractivity contribution is -0.137. The van der Waals surface area contributed by atoms with Crippen LogP contribution in [0.15, 0.2) is 42.5 Å². The predicted octanol–water partition coefficient (Wildman–Crippen LogP) is 6.13. The molecule has 1 nitrogen and oxygen atoms in total. The molecule has 0 fully saturated rings. The van der Waals surface area contributed by atoms with E-state index >= 15 is 0 Å². The average Bonchev–Trinajstić information content (AvgIpc) is 2.41. The van der Waals surface area contributed by atoms with E-state index in [9.17, 15) is 13.2 Å². The Morgan fingerprint density at radius 2 is 1.76 bits per heavy atom. The average molecular weight is 427 g/mol. The lowest BCUT2D eigenvalue weighted by atomic mass is 10.1. The highest BCUT2D eigenvalue weighted by Crippen LogP contribution is 2.33. The zero-order valence-corrected chi connectivity index (χ0v) is 13.7. The Morgan fingerprint density at radius 1 is 1.05 bits per heavy atom. The van der Waals surface area contributed by atoms with Crippen molar-refractivity contribution in [2.24, 2.45) is 0 Å². The molecule has 0 atom stereocenters. The van der Waals surface area contributed by atoms with Gasteiger partial charge in [0.15, 0.2) is 0 Å². The number of benzene rings is 2. The third-order valence-corrected chi connectivity index (χ3v) is 3.68. The first-order chi connectivity index (χ1) is 9.90. The second-order valence-electron chi connectivity index (χ2n) is 4.32. The summed E-state index contributed by atoms with van der Waals surface area (Å²) in [6, 6.07) is 9.89. The van der Waals surface area contributed by atoms with Crippen molar-refractivity contribution in [3.05, 3.63) is 58.6 Å². The molecule has 0 radical (unpaired) electrons. The summed E-state index contributed by atoms with van der Waals surface area (Å²) in [6.07, 6.45) is -3.55. The molecule has 0 amide bonds. The molecule has 0 heterocycles. The number of halogens is 5. The fourth-order valence-electron chi connectivity index (χ4n) is 1.77. The summed E-state index contributed by atoms with van der Waals surface area (Å²) in [4.78, 5) is 0. The summed E-state index contributed by atoms with van der Waals surface area (Å²) in [5.74, 6) is 0.541. The summed E-state index contributed by atoms with van der Waals surface area (Å²) in [6.45, 7) is 0. The molecule has 21 heavy (non-hydrogen) atoms. The van der Waals surface area contributed by atoms with Crippen molar-refractivity contribution < 1.29 is 17.9 Å². The van der Waals surface area contributed by atoms with Gasteiger partial charge in [-0.3, -0.25) is 0 Å². The van der Waals surface area contributed by atoms with Crippen LogP contribution in [-0.4, -0.2) is 4.43 Å². The van der Waals surface area contributed by atoms with Crippen LogP contribution in [0.1, 0.15) is 11.1 Å². The van der Waals surface area contributed by atoms with Crippen molar-refractivity contribution >= 4 is 34.2 Å². The van der Waals surface area contributed by atoms with E-state index in [-0.39, 0.29) is 5.75 Å². The van der Waals surface area contributed by atoms with Crippen LogP contribution in [0.5, 0.6) is 11.5 Å². The highest BCUT2D eigenvalue weighted by Gasteiger charge is 2.30. The highest BCUT2D eigenvalue weighted by molar-refractivity contribution is 14.1. The second kappa shape index (κ2) is 6.87. The van der Waals surface area contributed by atoms with E-state index in [0.29, 0.717) is 10.8 Å². The van der Waals surface area contributed by atoms with E-state index in [4.69, 9.17) is 16.3 Å². The quantitative estimate of drug-likeness (QED) is 0.422. The number of ether oxygens (including phenoxy) is 1. The zero-order chi connectivity index (χ0) is 15.5. The van der Waals surface area contributed by atoms with Gasteiger partial charge in [0.05, 0.1) is 5.56 Å². The predicted molar refractivity (Wildman–Crippen MR) is 85.6 cm³/mol. The van der Waals surface area contributed by atoms with E-state index in [0.717, 1.165) is 28.5 Å². The van der Waals surface area contributed by atoms with Gasteiger partial charge in [-0.1, -0.05) is 46.3 Å². The molecule has 2 aromatic carbocycles. The summed E-state index contributed by atoms with van der Waals surface area (Å²) in [7, 11) is 0. The van der Waals surface area contributed by atoms with Crippen molar-refractivity contribution in [1.82, 2.24) is 0 Å². The van der Waals surface area contributed by atoms with Crippen LogP contribution in [0.2, 0.25) is 5.02 Å². The van der Waals surface area contributed by atoms with Gasteiger partial charge in [0, 0.05) is 9.45 Å². The highest BCUT2D eigenvalue weighted by atomic mass is 127. The van der Waals surface area contributed by atoms with Gasteiger partial charge < -0.3 is 4.74 Å². The Balaban J connectivity index is 2.20. The molecule has 112 valence electrons. The van der Waals surface area contributed by atoms with Crippen molar-refractivity contribution in [2.45, 2.75) is 12.6 Å². The largest absolute Gasteiger partial charge is 0.457 e.